The Balaban J connectivity index is 2.19. The largest absolute Gasteiger partial charge is 0.498 e. The maximum absolute atomic E-state index is 6.08. The van der Waals surface area contributed by atoms with E-state index in [0.29, 0.717) is 6.61 Å². The summed E-state index contributed by atoms with van der Waals surface area (Å²) in [7, 11) is 1.68. The standard InChI is InChI=1S/C18H21O3/c1-5-20-14-10-17-15(18(2,3)11-14)9-12-8-13(19-4)6-7-16(12)21-17/h6-10H,5,11H2,1-4H3/q+1. The molecule has 1 aromatic carbocycles. The maximum atomic E-state index is 6.08. The molecule has 1 aliphatic rings. The molecule has 0 atom stereocenters. The Morgan fingerprint density at radius 1 is 1.24 bits per heavy atom. The molecule has 0 aliphatic heterocycles. The van der Waals surface area contributed by atoms with Crippen molar-refractivity contribution in [1.29, 1.82) is 0 Å². The minimum absolute atomic E-state index is 0.00461. The Hall–Kier alpha value is -2.03. The van der Waals surface area contributed by atoms with Crippen LogP contribution >= 0.6 is 0 Å². The third kappa shape index (κ3) is 2.48. The van der Waals surface area contributed by atoms with E-state index in [1.807, 2.05) is 31.2 Å². The van der Waals surface area contributed by atoms with Gasteiger partial charge in [-0.05, 0) is 25.1 Å². The number of fused-ring (bicyclic) bond motifs is 2. The quantitative estimate of drug-likeness (QED) is 0.760. The van der Waals surface area contributed by atoms with Crippen LogP contribution in [0.1, 0.15) is 38.5 Å². The fourth-order valence-electron chi connectivity index (χ4n) is 2.90. The molecule has 3 heteroatoms. The molecule has 0 fully saturated rings. The molecular formula is C18H21O3+. The summed E-state index contributed by atoms with van der Waals surface area (Å²) in [6, 6.07) is 8.08. The Morgan fingerprint density at radius 3 is 2.76 bits per heavy atom. The highest BCUT2D eigenvalue weighted by atomic mass is 16.5. The lowest BCUT2D eigenvalue weighted by molar-refractivity contribution is 0.203. The van der Waals surface area contributed by atoms with E-state index < -0.39 is 0 Å². The number of methoxy groups -OCH3 is 1. The summed E-state index contributed by atoms with van der Waals surface area (Å²) in [6.07, 6.45) is 2.91. The SMILES string of the molecule is CCOC1=Cc2[o+]c3ccc(OC)cc3cc2C(C)(C)C1. The highest BCUT2D eigenvalue weighted by molar-refractivity contribution is 5.81. The van der Waals surface area contributed by atoms with Crippen LogP contribution in [0.4, 0.5) is 0 Å². The van der Waals surface area contributed by atoms with Crippen LogP contribution < -0.4 is 4.74 Å². The first-order chi connectivity index (χ1) is 10.0. The summed E-state index contributed by atoms with van der Waals surface area (Å²) in [5.41, 5.74) is 2.07. The molecule has 0 N–H and O–H groups in total. The summed E-state index contributed by atoms with van der Waals surface area (Å²) < 4.78 is 17.1. The second kappa shape index (κ2) is 5.06. The summed E-state index contributed by atoms with van der Waals surface area (Å²) >= 11 is 0. The van der Waals surface area contributed by atoms with Crippen molar-refractivity contribution in [1.82, 2.24) is 0 Å². The van der Waals surface area contributed by atoms with E-state index in [1.165, 1.54) is 5.56 Å². The number of hydrogen-bond acceptors (Lipinski definition) is 2. The molecule has 0 radical (unpaired) electrons. The van der Waals surface area contributed by atoms with E-state index in [4.69, 9.17) is 13.9 Å². The van der Waals surface area contributed by atoms with Crippen molar-refractivity contribution in [3.63, 3.8) is 0 Å². The molecular weight excluding hydrogens is 264 g/mol. The van der Waals surface area contributed by atoms with Crippen molar-refractivity contribution in [3.05, 3.63) is 41.3 Å². The predicted molar refractivity (Wildman–Crippen MR) is 84.4 cm³/mol. The van der Waals surface area contributed by atoms with E-state index in [9.17, 15) is 0 Å². The van der Waals surface area contributed by atoms with Crippen LogP contribution in [0.3, 0.4) is 0 Å². The van der Waals surface area contributed by atoms with Crippen LogP contribution in [-0.4, -0.2) is 13.7 Å². The van der Waals surface area contributed by atoms with E-state index in [2.05, 4.69) is 19.9 Å². The van der Waals surface area contributed by atoms with Crippen LogP contribution in [0, 0.1) is 0 Å². The second-order valence-corrected chi connectivity index (χ2v) is 6.03. The molecule has 3 nitrogen and oxygen atoms in total. The van der Waals surface area contributed by atoms with Crippen molar-refractivity contribution < 1.29 is 13.9 Å². The van der Waals surface area contributed by atoms with Crippen LogP contribution in [-0.2, 0) is 10.2 Å². The van der Waals surface area contributed by atoms with Crippen molar-refractivity contribution >= 4 is 17.0 Å². The predicted octanol–water partition coefficient (Wildman–Crippen LogP) is 4.78. The zero-order chi connectivity index (χ0) is 15.0. The summed E-state index contributed by atoms with van der Waals surface area (Å²) in [6.45, 7) is 7.13. The molecule has 0 saturated carbocycles. The molecule has 110 valence electrons. The van der Waals surface area contributed by atoms with Crippen molar-refractivity contribution in [2.75, 3.05) is 13.7 Å². The monoisotopic (exact) mass is 285 g/mol. The second-order valence-electron chi connectivity index (χ2n) is 6.03. The molecule has 1 aromatic heterocycles. The van der Waals surface area contributed by atoms with Gasteiger partial charge in [-0.15, -0.1) is 0 Å². The number of allylic oxidation sites excluding steroid dienone is 1. The van der Waals surface area contributed by atoms with Crippen molar-refractivity contribution in [2.24, 2.45) is 0 Å². The van der Waals surface area contributed by atoms with Crippen LogP contribution in [0.5, 0.6) is 5.75 Å². The van der Waals surface area contributed by atoms with Gasteiger partial charge in [0.05, 0.1) is 30.7 Å². The van der Waals surface area contributed by atoms with E-state index in [0.717, 1.165) is 34.7 Å². The molecule has 0 spiro atoms. The first-order valence-corrected chi connectivity index (χ1v) is 7.32. The van der Waals surface area contributed by atoms with E-state index >= 15 is 0 Å². The van der Waals surface area contributed by atoms with Gasteiger partial charge in [-0.1, -0.05) is 13.8 Å². The number of benzene rings is 1. The van der Waals surface area contributed by atoms with Gasteiger partial charge in [-0.3, -0.25) is 0 Å². The third-order valence-corrected chi connectivity index (χ3v) is 3.97. The molecule has 2 aromatic rings. The fraction of sp³-hybridized carbons (Fsp3) is 0.389. The highest BCUT2D eigenvalue weighted by Gasteiger charge is 2.36. The zero-order valence-electron chi connectivity index (χ0n) is 13.0. The van der Waals surface area contributed by atoms with Crippen LogP contribution in [0.2, 0.25) is 0 Å². The first-order valence-electron chi connectivity index (χ1n) is 7.32. The average Bonchev–Trinajstić information content (AvgIpc) is 2.45. The summed E-state index contributed by atoms with van der Waals surface area (Å²) in [4.78, 5) is 0. The van der Waals surface area contributed by atoms with Gasteiger partial charge in [0.2, 0.25) is 0 Å². The normalized spacial score (nSPS) is 16.3. The zero-order valence-corrected chi connectivity index (χ0v) is 13.0. The Labute approximate surface area is 125 Å². The van der Waals surface area contributed by atoms with Crippen molar-refractivity contribution in [2.45, 2.75) is 32.6 Å². The molecule has 0 unspecified atom stereocenters. The van der Waals surface area contributed by atoms with Gasteiger partial charge in [0, 0.05) is 17.9 Å². The van der Waals surface area contributed by atoms with Gasteiger partial charge < -0.3 is 9.47 Å². The van der Waals surface area contributed by atoms with E-state index in [1.54, 1.807) is 7.11 Å². The molecule has 1 aliphatic carbocycles. The van der Waals surface area contributed by atoms with Gasteiger partial charge in [0.1, 0.15) is 11.5 Å². The van der Waals surface area contributed by atoms with Gasteiger partial charge in [0.25, 0.3) is 0 Å². The Kier molecular flexibility index (Phi) is 3.36. The number of hydrogen-bond donors (Lipinski definition) is 0. The van der Waals surface area contributed by atoms with E-state index in [-0.39, 0.29) is 5.41 Å². The maximum Gasteiger partial charge on any atom is 0.361 e. The molecule has 0 bridgehead atoms. The van der Waals surface area contributed by atoms with Crippen LogP contribution in [0.25, 0.3) is 17.0 Å². The Bertz CT molecular complexity index is 714. The molecule has 21 heavy (non-hydrogen) atoms. The number of ether oxygens (including phenoxy) is 2. The topological polar surface area (TPSA) is 29.8 Å². The van der Waals surface area contributed by atoms with Gasteiger partial charge in [-0.2, -0.15) is 0 Å². The minimum atomic E-state index is -0.00461. The van der Waals surface area contributed by atoms with Crippen LogP contribution in [0.15, 0.2) is 34.4 Å². The lowest BCUT2D eigenvalue weighted by Crippen LogP contribution is -2.23. The third-order valence-electron chi connectivity index (χ3n) is 3.97. The molecule has 3 rings (SSSR count). The summed E-state index contributed by atoms with van der Waals surface area (Å²) in [5, 5.41) is 1.06. The molecule has 1 heterocycles. The fourth-order valence-corrected chi connectivity index (χ4v) is 2.90. The average molecular weight is 285 g/mol. The summed E-state index contributed by atoms with van der Waals surface area (Å²) in [5.74, 6) is 2.73. The molecule has 0 saturated heterocycles. The van der Waals surface area contributed by atoms with Gasteiger partial charge in [-0.25, -0.2) is 4.42 Å². The first kappa shape index (κ1) is 13.9. The number of rotatable bonds is 3. The smallest absolute Gasteiger partial charge is 0.361 e. The van der Waals surface area contributed by atoms with Gasteiger partial charge in [0.15, 0.2) is 0 Å². The van der Waals surface area contributed by atoms with Gasteiger partial charge >= 0.3 is 11.3 Å². The van der Waals surface area contributed by atoms with Crippen molar-refractivity contribution in [3.8, 4) is 5.75 Å². The highest BCUT2D eigenvalue weighted by Crippen LogP contribution is 2.40. The molecule has 0 amide bonds. The minimum Gasteiger partial charge on any atom is -0.498 e. The lowest BCUT2D eigenvalue weighted by atomic mass is 9.77. The Morgan fingerprint density at radius 2 is 2.05 bits per heavy atom. The lowest BCUT2D eigenvalue weighted by Gasteiger charge is -2.27.